The normalized spacial score (nSPS) is 10.8. The minimum atomic E-state index is -0.707. The Kier molecular flexibility index (Phi) is 4.32. The number of hydrogen-bond acceptors (Lipinski definition) is 3. The average molecular weight is 234 g/mol. The molecule has 1 aromatic carbocycles. The molecular formula is C14H18O3. The molecule has 0 aliphatic heterocycles. The van der Waals surface area contributed by atoms with Gasteiger partial charge in [0.2, 0.25) is 0 Å². The van der Waals surface area contributed by atoms with Crippen molar-refractivity contribution in [3.8, 4) is 5.75 Å². The summed E-state index contributed by atoms with van der Waals surface area (Å²) in [4.78, 5) is 11.4. The second-order valence-electron chi connectivity index (χ2n) is 4.70. The standard InChI is InChI=1S/C14H18O3/c1-5-10-16-13(15)17-12-9-7-6-8-11(12)14(2,3)4/h5-9H,1,10H2,2-4H3. The predicted octanol–water partition coefficient (Wildman–Crippen LogP) is 3.69. The van der Waals surface area contributed by atoms with E-state index in [0.717, 1.165) is 5.56 Å². The van der Waals surface area contributed by atoms with Crippen LogP contribution in [0.15, 0.2) is 36.9 Å². The largest absolute Gasteiger partial charge is 0.514 e. The number of benzene rings is 1. The Bertz CT molecular complexity index is 402. The molecule has 0 aliphatic carbocycles. The molecule has 0 spiro atoms. The van der Waals surface area contributed by atoms with Crippen LogP contribution in [0.25, 0.3) is 0 Å². The molecule has 1 aromatic rings. The summed E-state index contributed by atoms with van der Waals surface area (Å²) in [5.41, 5.74) is 0.880. The van der Waals surface area contributed by atoms with E-state index in [1.54, 1.807) is 6.07 Å². The van der Waals surface area contributed by atoms with E-state index >= 15 is 0 Å². The molecule has 0 unspecified atom stereocenters. The van der Waals surface area contributed by atoms with Crippen LogP contribution in [0.5, 0.6) is 5.75 Å². The maximum absolute atomic E-state index is 11.4. The Morgan fingerprint density at radius 3 is 2.59 bits per heavy atom. The molecule has 0 saturated carbocycles. The number of carbonyl (C=O) groups is 1. The number of hydrogen-bond donors (Lipinski definition) is 0. The minimum Gasteiger partial charge on any atom is -0.430 e. The third-order valence-corrected chi connectivity index (χ3v) is 2.21. The van der Waals surface area contributed by atoms with Gasteiger partial charge in [-0.1, -0.05) is 51.6 Å². The first-order valence-electron chi connectivity index (χ1n) is 5.50. The molecule has 0 atom stereocenters. The molecule has 0 radical (unpaired) electrons. The van der Waals surface area contributed by atoms with Gasteiger partial charge in [0.1, 0.15) is 12.4 Å². The third kappa shape index (κ3) is 3.94. The summed E-state index contributed by atoms with van der Waals surface area (Å²) in [5.74, 6) is 0.536. The summed E-state index contributed by atoms with van der Waals surface area (Å²) in [7, 11) is 0. The van der Waals surface area contributed by atoms with Gasteiger partial charge in [0.25, 0.3) is 0 Å². The van der Waals surface area contributed by atoms with E-state index in [9.17, 15) is 4.79 Å². The summed E-state index contributed by atoms with van der Waals surface area (Å²) in [6, 6.07) is 7.44. The molecule has 92 valence electrons. The van der Waals surface area contributed by atoms with Gasteiger partial charge >= 0.3 is 6.16 Å². The van der Waals surface area contributed by atoms with E-state index in [4.69, 9.17) is 9.47 Å². The SMILES string of the molecule is C=CCOC(=O)Oc1ccccc1C(C)(C)C. The van der Waals surface area contributed by atoms with Crippen molar-refractivity contribution >= 4 is 6.16 Å². The van der Waals surface area contributed by atoms with E-state index in [1.165, 1.54) is 6.08 Å². The van der Waals surface area contributed by atoms with Gasteiger partial charge in [0.05, 0.1) is 0 Å². The highest BCUT2D eigenvalue weighted by Crippen LogP contribution is 2.31. The molecule has 0 aliphatic rings. The zero-order valence-electron chi connectivity index (χ0n) is 10.5. The van der Waals surface area contributed by atoms with Gasteiger partial charge in [-0.3, -0.25) is 0 Å². The van der Waals surface area contributed by atoms with Gasteiger partial charge in [0.15, 0.2) is 0 Å². The van der Waals surface area contributed by atoms with E-state index in [1.807, 2.05) is 18.2 Å². The summed E-state index contributed by atoms with van der Waals surface area (Å²) >= 11 is 0. The van der Waals surface area contributed by atoms with Crippen LogP contribution < -0.4 is 4.74 Å². The van der Waals surface area contributed by atoms with Gasteiger partial charge in [-0.15, -0.1) is 0 Å². The molecule has 1 rings (SSSR count). The average Bonchev–Trinajstić information content (AvgIpc) is 2.25. The van der Waals surface area contributed by atoms with Crippen LogP contribution in [0.2, 0.25) is 0 Å². The Balaban J connectivity index is 2.84. The molecule has 3 nitrogen and oxygen atoms in total. The summed E-state index contributed by atoms with van der Waals surface area (Å²) in [6.45, 7) is 9.79. The van der Waals surface area contributed by atoms with Crippen molar-refractivity contribution in [2.45, 2.75) is 26.2 Å². The lowest BCUT2D eigenvalue weighted by atomic mass is 9.86. The monoisotopic (exact) mass is 234 g/mol. The molecular weight excluding hydrogens is 216 g/mol. The van der Waals surface area contributed by atoms with Crippen molar-refractivity contribution in [3.05, 3.63) is 42.5 Å². The Morgan fingerprint density at radius 1 is 1.35 bits per heavy atom. The van der Waals surface area contributed by atoms with Crippen molar-refractivity contribution in [2.75, 3.05) is 6.61 Å². The van der Waals surface area contributed by atoms with Crippen LogP contribution in [-0.4, -0.2) is 12.8 Å². The van der Waals surface area contributed by atoms with Crippen molar-refractivity contribution in [1.82, 2.24) is 0 Å². The van der Waals surface area contributed by atoms with Gasteiger partial charge in [0, 0.05) is 5.56 Å². The van der Waals surface area contributed by atoms with Gasteiger partial charge in [-0.2, -0.15) is 0 Å². The zero-order chi connectivity index (χ0) is 12.9. The van der Waals surface area contributed by atoms with Gasteiger partial charge < -0.3 is 9.47 Å². The van der Waals surface area contributed by atoms with Crippen molar-refractivity contribution in [1.29, 1.82) is 0 Å². The lowest BCUT2D eigenvalue weighted by molar-refractivity contribution is 0.109. The fraction of sp³-hybridized carbons (Fsp3) is 0.357. The molecule has 0 bridgehead atoms. The van der Waals surface area contributed by atoms with Gasteiger partial charge in [-0.25, -0.2) is 4.79 Å². The van der Waals surface area contributed by atoms with E-state index in [-0.39, 0.29) is 12.0 Å². The van der Waals surface area contributed by atoms with E-state index in [0.29, 0.717) is 5.75 Å². The number of rotatable bonds is 3. The fourth-order valence-corrected chi connectivity index (χ4v) is 1.42. The van der Waals surface area contributed by atoms with Crippen LogP contribution in [-0.2, 0) is 10.2 Å². The smallest absolute Gasteiger partial charge is 0.430 e. The molecule has 0 saturated heterocycles. The third-order valence-electron chi connectivity index (χ3n) is 2.21. The highest BCUT2D eigenvalue weighted by atomic mass is 16.7. The van der Waals surface area contributed by atoms with Gasteiger partial charge in [-0.05, 0) is 11.5 Å². The molecule has 0 heterocycles. The molecule has 0 fully saturated rings. The first-order valence-corrected chi connectivity index (χ1v) is 5.50. The first kappa shape index (κ1) is 13.3. The lowest BCUT2D eigenvalue weighted by Crippen LogP contribution is -2.17. The quantitative estimate of drug-likeness (QED) is 0.454. The Labute approximate surface area is 102 Å². The number of ether oxygens (including phenoxy) is 2. The highest BCUT2D eigenvalue weighted by molar-refractivity contribution is 5.65. The Morgan fingerprint density at radius 2 is 2.00 bits per heavy atom. The van der Waals surface area contributed by atoms with E-state index in [2.05, 4.69) is 27.4 Å². The van der Waals surface area contributed by atoms with Crippen molar-refractivity contribution in [2.24, 2.45) is 0 Å². The maximum Gasteiger partial charge on any atom is 0.514 e. The lowest BCUT2D eigenvalue weighted by Gasteiger charge is -2.21. The highest BCUT2D eigenvalue weighted by Gasteiger charge is 2.20. The molecule has 0 N–H and O–H groups in total. The second-order valence-corrected chi connectivity index (χ2v) is 4.70. The topological polar surface area (TPSA) is 35.5 Å². The van der Waals surface area contributed by atoms with E-state index < -0.39 is 6.16 Å². The summed E-state index contributed by atoms with van der Waals surface area (Å²) in [6.07, 6.45) is 0.790. The predicted molar refractivity (Wildman–Crippen MR) is 67.3 cm³/mol. The van der Waals surface area contributed by atoms with Crippen molar-refractivity contribution in [3.63, 3.8) is 0 Å². The van der Waals surface area contributed by atoms with Crippen LogP contribution in [0.1, 0.15) is 26.3 Å². The van der Waals surface area contributed by atoms with Crippen LogP contribution >= 0.6 is 0 Å². The van der Waals surface area contributed by atoms with Crippen LogP contribution in [0.4, 0.5) is 4.79 Å². The molecule has 0 aromatic heterocycles. The Hall–Kier alpha value is -1.77. The van der Waals surface area contributed by atoms with Crippen LogP contribution in [0.3, 0.4) is 0 Å². The zero-order valence-corrected chi connectivity index (χ0v) is 10.5. The van der Waals surface area contributed by atoms with Crippen molar-refractivity contribution < 1.29 is 14.3 Å². The summed E-state index contributed by atoms with van der Waals surface area (Å²) < 4.78 is 9.95. The summed E-state index contributed by atoms with van der Waals surface area (Å²) in [5, 5.41) is 0. The number of carbonyl (C=O) groups excluding carboxylic acids is 1. The molecule has 3 heteroatoms. The van der Waals surface area contributed by atoms with Crippen LogP contribution in [0, 0.1) is 0 Å². The fourth-order valence-electron chi connectivity index (χ4n) is 1.42. The molecule has 17 heavy (non-hydrogen) atoms. The maximum atomic E-state index is 11.4. The minimum absolute atomic E-state index is 0.0880. The second kappa shape index (κ2) is 5.53. The first-order chi connectivity index (χ1) is 7.95. The molecule has 0 amide bonds. The number of para-hydroxylation sites is 1.